The SMILES string of the molecule is CN/C(=C\[I-][N+](=O)O)N1CCN(C)CC1. The standard InChI is InChI=1S/C8H17IN4O2/c1-10-8(7-9-13(14)15)12-5-3-11(2)4-6-12/h7,10H,3-6H2,1-2H3,(H,14,15)/b8-7+. The normalized spacial score (nSPS) is 19.3. The summed E-state index contributed by atoms with van der Waals surface area (Å²) in [4.78, 5) is 14.9. The Hall–Kier alpha value is -0.570. The Morgan fingerprint density at radius 1 is 1.47 bits per heavy atom. The van der Waals surface area contributed by atoms with E-state index in [0.29, 0.717) is 0 Å². The topological polar surface area (TPSA) is 58.8 Å². The molecular weight excluding hydrogens is 311 g/mol. The minimum absolute atomic E-state index is 0.0340. The summed E-state index contributed by atoms with van der Waals surface area (Å²) in [7, 11) is 3.93. The molecule has 1 fully saturated rings. The molecule has 1 aliphatic heterocycles. The minimum atomic E-state index is -0.966. The van der Waals surface area contributed by atoms with Crippen LogP contribution < -0.4 is 26.8 Å². The molecule has 15 heavy (non-hydrogen) atoms. The number of nitrogens with one attached hydrogen (secondary N) is 1. The molecule has 0 saturated carbocycles. The maximum atomic E-state index is 10.4. The zero-order valence-corrected chi connectivity index (χ0v) is 11.1. The van der Waals surface area contributed by atoms with Gasteiger partial charge in [-0.15, -0.1) is 0 Å². The molecule has 0 aliphatic carbocycles. The summed E-state index contributed by atoms with van der Waals surface area (Å²) in [6, 6.07) is 0. The third-order valence-electron chi connectivity index (χ3n) is 2.34. The number of rotatable bonds is 4. The summed E-state index contributed by atoms with van der Waals surface area (Å²) in [6.07, 6.45) is 0. The van der Waals surface area contributed by atoms with Crippen molar-refractivity contribution in [2.45, 2.75) is 0 Å². The van der Waals surface area contributed by atoms with Crippen LogP contribution in [-0.4, -0.2) is 58.4 Å². The van der Waals surface area contributed by atoms with Crippen molar-refractivity contribution in [2.24, 2.45) is 0 Å². The Morgan fingerprint density at radius 3 is 2.53 bits per heavy atom. The van der Waals surface area contributed by atoms with Crippen molar-refractivity contribution in [2.75, 3.05) is 40.3 Å². The molecule has 0 unspecified atom stereocenters. The summed E-state index contributed by atoms with van der Waals surface area (Å²) in [5.74, 6) is 0.950. The van der Waals surface area contributed by atoms with E-state index in [-0.39, 0.29) is 3.14 Å². The molecule has 0 radical (unpaired) electrons. The van der Waals surface area contributed by atoms with Gasteiger partial charge in [0.1, 0.15) is 0 Å². The van der Waals surface area contributed by atoms with Crippen LogP contribution in [0.2, 0.25) is 0 Å². The average Bonchev–Trinajstić information content (AvgIpc) is 2.21. The molecule has 1 saturated heterocycles. The van der Waals surface area contributed by atoms with Crippen molar-refractivity contribution in [3.8, 4) is 0 Å². The number of piperazine rings is 1. The molecule has 0 aromatic rings. The van der Waals surface area contributed by atoms with Crippen LogP contribution in [0.4, 0.5) is 0 Å². The van der Waals surface area contributed by atoms with E-state index in [4.69, 9.17) is 5.21 Å². The van der Waals surface area contributed by atoms with Crippen molar-refractivity contribution in [3.63, 3.8) is 0 Å². The zero-order valence-electron chi connectivity index (χ0n) is 8.98. The molecular formula is C8H17IN4O2. The van der Waals surface area contributed by atoms with Gasteiger partial charge in [-0.25, -0.2) is 0 Å². The maximum absolute atomic E-state index is 10.4. The molecule has 6 nitrogen and oxygen atoms in total. The van der Waals surface area contributed by atoms with Crippen LogP contribution in [0.3, 0.4) is 0 Å². The van der Waals surface area contributed by atoms with Crippen molar-refractivity contribution >= 4 is 0 Å². The predicted octanol–water partition coefficient (Wildman–Crippen LogP) is -3.58. The van der Waals surface area contributed by atoms with E-state index in [0.717, 1.165) is 32.0 Å². The molecule has 0 bridgehead atoms. The van der Waals surface area contributed by atoms with Gasteiger partial charge in [-0.2, -0.15) is 0 Å². The number of halogens is 1. The molecule has 1 aliphatic rings. The number of hydrogen-bond donors (Lipinski definition) is 2. The van der Waals surface area contributed by atoms with Crippen LogP contribution in [-0.2, 0) is 0 Å². The van der Waals surface area contributed by atoms with E-state index < -0.39 is 21.5 Å². The van der Waals surface area contributed by atoms with Gasteiger partial charge in [0.25, 0.3) is 0 Å². The van der Waals surface area contributed by atoms with Gasteiger partial charge in [0.05, 0.1) is 0 Å². The number of nitrogens with zero attached hydrogens (tertiary/aromatic N) is 3. The fourth-order valence-corrected chi connectivity index (χ4v) is 2.62. The van der Waals surface area contributed by atoms with Crippen molar-refractivity contribution in [1.29, 1.82) is 0 Å². The first-order valence-electron chi connectivity index (χ1n) is 4.74. The van der Waals surface area contributed by atoms with Crippen LogP contribution in [0.5, 0.6) is 0 Å². The van der Waals surface area contributed by atoms with Gasteiger partial charge < -0.3 is 0 Å². The van der Waals surface area contributed by atoms with Gasteiger partial charge in [-0.05, 0) is 0 Å². The zero-order chi connectivity index (χ0) is 11.3. The molecule has 7 heteroatoms. The van der Waals surface area contributed by atoms with Gasteiger partial charge in [-0.1, -0.05) is 0 Å². The molecule has 0 atom stereocenters. The molecule has 1 rings (SSSR count). The van der Waals surface area contributed by atoms with Crippen LogP contribution in [0, 0.1) is 4.91 Å². The predicted molar refractivity (Wildman–Crippen MR) is 51.6 cm³/mol. The molecule has 0 spiro atoms. The van der Waals surface area contributed by atoms with Crippen molar-refractivity contribution in [1.82, 2.24) is 15.1 Å². The Morgan fingerprint density at radius 2 is 2.07 bits per heavy atom. The van der Waals surface area contributed by atoms with Gasteiger partial charge >= 0.3 is 100 Å². The fourth-order valence-electron chi connectivity index (χ4n) is 1.42. The average molecular weight is 328 g/mol. The van der Waals surface area contributed by atoms with E-state index in [1.54, 1.807) is 4.08 Å². The first-order chi connectivity index (χ1) is 7.13. The first-order valence-corrected chi connectivity index (χ1v) is 6.95. The molecule has 0 aromatic heterocycles. The molecule has 88 valence electrons. The second-order valence-electron chi connectivity index (χ2n) is 3.36. The Labute approximate surface area is 100 Å². The Bertz CT molecular complexity index is 251. The summed E-state index contributed by atoms with van der Waals surface area (Å²) in [6.45, 7) is 3.96. The van der Waals surface area contributed by atoms with Crippen molar-refractivity contribution in [3.05, 3.63) is 14.8 Å². The third-order valence-corrected chi connectivity index (χ3v) is 3.68. The Kier molecular flexibility index (Phi) is 5.09. The molecule has 2 N–H and O–H groups in total. The second kappa shape index (κ2) is 6.11. The summed E-state index contributed by atoms with van der Waals surface area (Å²) in [5, 5.41) is 11.6. The second-order valence-corrected chi connectivity index (χ2v) is 5.36. The van der Waals surface area contributed by atoms with Crippen LogP contribution in [0.15, 0.2) is 9.90 Å². The third kappa shape index (κ3) is 4.20. The van der Waals surface area contributed by atoms with Gasteiger partial charge in [-0.3, -0.25) is 0 Å². The summed E-state index contributed by atoms with van der Waals surface area (Å²) < 4.78 is 1.84. The Balaban J connectivity index is 2.51. The summed E-state index contributed by atoms with van der Waals surface area (Å²) in [5.41, 5.74) is 0. The van der Waals surface area contributed by atoms with Crippen LogP contribution in [0.25, 0.3) is 0 Å². The fraction of sp³-hybridized carbons (Fsp3) is 0.750. The molecule has 1 heterocycles. The first kappa shape index (κ1) is 12.5. The van der Waals surface area contributed by atoms with E-state index in [1.165, 1.54) is 0 Å². The van der Waals surface area contributed by atoms with Gasteiger partial charge in [0.15, 0.2) is 0 Å². The van der Waals surface area contributed by atoms with E-state index in [1.807, 2.05) is 7.05 Å². The van der Waals surface area contributed by atoms with Crippen LogP contribution in [0.1, 0.15) is 0 Å². The summed E-state index contributed by atoms with van der Waals surface area (Å²) >= 11 is -0.966. The van der Waals surface area contributed by atoms with Crippen LogP contribution >= 0.6 is 0 Å². The molecule has 0 aromatic carbocycles. The van der Waals surface area contributed by atoms with Crippen molar-refractivity contribution < 1.29 is 29.8 Å². The van der Waals surface area contributed by atoms with Gasteiger partial charge in [0, 0.05) is 0 Å². The van der Waals surface area contributed by atoms with Gasteiger partial charge in [0.2, 0.25) is 0 Å². The monoisotopic (exact) mass is 328 g/mol. The quantitative estimate of drug-likeness (QED) is 0.318. The molecule has 0 amide bonds. The van der Waals surface area contributed by atoms with E-state index in [2.05, 4.69) is 22.2 Å². The number of hydrogen-bond acceptors (Lipinski definition) is 4. The number of likely N-dealkylation sites (N-methyl/N-ethyl adjacent to an activating group) is 1. The van der Waals surface area contributed by atoms with E-state index >= 15 is 0 Å². The van der Waals surface area contributed by atoms with E-state index in [9.17, 15) is 4.91 Å².